The molecular formula is C9H8F3IN2O3. The van der Waals surface area contributed by atoms with E-state index in [0.29, 0.717) is 3.57 Å². The second-order valence-corrected chi connectivity index (χ2v) is 4.35. The summed E-state index contributed by atoms with van der Waals surface area (Å²) in [6.45, 7) is -0.294. The Kier molecular flexibility index (Phi) is 4.73. The maximum Gasteiger partial charge on any atom is 0.574 e. The molecule has 0 saturated heterocycles. The van der Waals surface area contributed by atoms with Crippen molar-refractivity contribution in [3.63, 3.8) is 0 Å². The van der Waals surface area contributed by atoms with E-state index >= 15 is 0 Å². The molecule has 0 saturated carbocycles. The van der Waals surface area contributed by atoms with Crippen LogP contribution in [0.3, 0.4) is 0 Å². The molecule has 9 heteroatoms. The van der Waals surface area contributed by atoms with Crippen molar-refractivity contribution < 1.29 is 27.8 Å². The van der Waals surface area contributed by atoms with Gasteiger partial charge in [0, 0.05) is 21.9 Å². The lowest BCUT2D eigenvalue weighted by Gasteiger charge is -2.15. The van der Waals surface area contributed by atoms with E-state index in [4.69, 9.17) is 10.8 Å². The lowest BCUT2D eigenvalue weighted by atomic mass is 10.1. The average Bonchev–Trinajstić information content (AvgIpc) is 2.20. The van der Waals surface area contributed by atoms with E-state index in [1.165, 1.54) is 0 Å². The van der Waals surface area contributed by atoms with Crippen molar-refractivity contribution in [1.82, 2.24) is 4.98 Å². The summed E-state index contributed by atoms with van der Waals surface area (Å²) in [6, 6.07) is 0. The zero-order chi connectivity index (χ0) is 13.9. The number of carbonyl (C=O) groups is 1. The minimum absolute atomic E-state index is 0.0541. The summed E-state index contributed by atoms with van der Waals surface area (Å²) in [5.41, 5.74) is 5.46. The molecule has 0 amide bonds. The summed E-state index contributed by atoms with van der Waals surface area (Å²) in [7, 11) is 0. The molecule has 0 aliphatic carbocycles. The number of hydrogen-bond donors (Lipinski definition) is 2. The number of nitrogens with zero attached hydrogens (tertiary/aromatic N) is 1. The molecule has 0 fully saturated rings. The fourth-order valence-electron chi connectivity index (χ4n) is 1.29. The molecule has 0 aliphatic heterocycles. The van der Waals surface area contributed by atoms with Crippen LogP contribution in [-0.4, -0.2) is 22.4 Å². The van der Waals surface area contributed by atoms with Gasteiger partial charge in [0.25, 0.3) is 0 Å². The molecular weight excluding hydrogens is 368 g/mol. The number of carboxylic acid groups (broad SMARTS) is 1. The molecule has 0 bridgehead atoms. The fraction of sp³-hybridized carbons (Fsp3) is 0.333. The van der Waals surface area contributed by atoms with Crippen LogP contribution in [0.15, 0.2) is 6.20 Å². The zero-order valence-corrected chi connectivity index (χ0v) is 10.9. The molecule has 18 heavy (non-hydrogen) atoms. The number of rotatable bonds is 4. The van der Waals surface area contributed by atoms with Crippen molar-refractivity contribution in [2.45, 2.75) is 19.3 Å². The van der Waals surface area contributed by atoms with Crippen molar-refractivity contribution in [3.8, 4) is 5.88 Å². The SMILES string of the molecule is NCc1c(OC(F)(F)F)ncc(I)c1CC(=O)O. The number of halogens is 4. The van der Waals surface area contributed by atoms with Crippen molar-refractivity contribution in [2.75, 3.05) is 0 Å². The summed E-state index contributed by atoms with van der Waals surface area (Å²) >= 11 is 1.78. The number of nitrogens with two attached hydrogens (primary N) is 1. The van der Waals surface area contributed by atoms with Crippen LogP contribution in [0.5, 0.6) is 5.88 Å². The summed E-state index contributed by atoms with van der Waals surface area (Å²) < 4.78 is 40.5. The highest BCUT2D eigenvalue weighted by atomic mass is 127. The number of aromatic nitrogens is 1. The van der Waals surface area contributed by atoms with Crippen LogP contribution in [-0.2, 0) is 17.8 Å². The first-order valence-electron chi connectivity index (χ1n) is 4.58. The highest BCUT2D eigenvalue weighted by Gasteiger charge is 2.33. The highest BCUT2D eigenvalue weighted by molar-refractivity contribution is 14.1. The van der Waals surface area contributed by atoms with Gasteiger partial charge in [-0.05, 0) is 28.2 Å². The Balaban J connectivity index is 3.24. The van der Waals surface area contributed by atoms with Crippen molar-refractivity contribution in [1.29, 1.82) is 0 Å². The van der Waals surface area contributed by atoms with Crippen LogP contribution in [0.2, 0.25) is 0 Å². The van der Waals surface area contributed by atoms with Gasteiger partial charge in [-0.2, -0.15) is 0 Å². The van der Waals surface area contributed by atoms with Crippen molar-refractivity contribution >= 4 is 28.6 Å². The van der Waals surface area contributed by atoms with Crippen LogP contribution < -0.4 is 10.5 Å². The van der Waals surface area contributed by atoms with Gasteiger partial charge in [-0.3, -0.25) is 4.79 Å². The van der Waals surface area contributed by atoms with Gasteiger partial charge < -0.3 is 15.6 Å². The van der Waals surface area contributed by atoms with Crippen LogP contribution in [0.1, 0.15) is 11.1 Å². The Morgan fingerprint density at radius 3 is 2.56 bits per heavy atom. The Labute approximate surface area is 113 Å². The Morgan fingerprint density at radius 1 is 1.50 bits per heavy atom. The Bertz CT molecular complexity index is 465. The van der Waals surface area contributed by atoms with Gasteiger partial charge in [-0.15, -0.1) is 13.2 Å². The highest BCUT2D eigenvalue weighted by Crippen LogP contribution is 2.29. The molecule has 1 aromatic rings. The quantitative estimate of drug-likeness (QED) is 0.782. The number of pyridine rings is 1. The van der Waals surface area contributed by atoms with E-state index < -0.39 is 24.6 Å². The molecule has 0 unspecified atom stereocenters. The molecule has 0 spiro atoms. The molecule has 5 nitrogen and oxygen atoms in total. The number of carboxylic acids is 1. The first kappa shape index (κ1) is 15.0. The monoisotopic (exact) mass is 376 g/mol. The third-order valence-electron chi connectivity index (χ3n) is 1.95. The first-order valence-corrected chi connectivity index (χ1v) is 5.66. The largest absolute Gasteiger partial charge is 0.574 e. The average molecular weight is 376 g/mol. The lowest BCUT2D eigenvalue weighted by molar-refractivity contribution is -0.276. The van der Waals surface area contributed by atoms with Gasteiger partial charge in [0.05, 0.1) is 6.42 Å². The van der Waals surface area contributed by atoms with E-state index in [1.54, 1.807) is 22.6 Å². The maximum absolute atomic E-state index is 12.1. The first-order chi connectivity index (χ1) is 8.24. The van der Waals surface area contributed by atoms with Gasteiger partial charge in [0.1, 0.15) is 0 Å². The molecule has 1 aromatic heterocycles. The third-order valence-corrected chi connectivity index (χ3v) is 2.88. The number of ether oxygens (including phenoxy) is 1. The normalized spacial score (nSPS) is 11.4. The van der Waals surface area contributed by atoms with Crippen molar-refractivity contribution in [3.05, 3.63) is 20.9 Å². The maximum atomic E-state index is 12.1. The van der Waals surface area contributed by atoms with Gasteiger partial charge in [-0.1, -0.05) is 0 Å². The lowest BCUT2D eigenvalue weighted by Crippen LogP contribution is -2.21. The van der Waals surface area contributed by atoms with E-state index in [-0.39, 0.29) is 17.7 Å². The summed E-state index contributed by atoms with van der Waals surface area (Å²) in [5, 5.41) is 8.71. The molecule has 3 N–H and O–H groups in total. The zero-order valence-electron chi connectivity index (χ0n) is 8.79. The molecule has 0 aliphatic rings. The van der Waals surface area contributed by atoms with E-state index in [1.807, 2.05) is 0 Å². The molecule has 0 aromatic carbocycles. The van der Waals surface area contributed by atoms with Crippen molar-refractivity contribution in [2.24, 2.45) is 5.73 Å². The summed E-state index contributed by atoms with van der Waals surface area (Å²) in [5.74, 6) is -1.88. The predicted molar refractivity (Wildman–Crippen MR) is 62.9 cm³/mol. The Morgan fingerprint density at radius 2 is 2.11 bits per heavy atom. The minimum Gasteiger partial charge on any atom is -0.481 e. The standard InChI is InChI=1S/C9H8F3IN2O3/c10-9(11,12)18-8-5(2-14)4(1-7(16)17)6(13)3-15-8/h3H,1-2,14H2,(H,16,17). The molecule has 0 atom stereocenters. The fourth-order valence-corrected chi connectivity index (χ4v) is 1.95. The number of aliphatic carboxylic acids is 1. The predicted octanol–water partition coefficient (Wildman–Crippen LogP) is 1.67. The summed E-state index contributed by atoms with van der Waals surface area (Å²) in [4.78, 5) is 14.1. The molecule has 1 rings (SSSR count). The summed E-state index contributed by atoms with van der Waals surface area (Å²) in [6.07, 6.45) is -4.23. The van der Waals surface area contributed by atoms with Gasteiger partial charge in [-0.25, -0.2) is 4.98 Å². The molecule has 0 radical (unpaired) electrons. The van der Waals surface area contributed by atoms with Gasteiger partial charge in [0.15, 0.2) is 0 Å². The molecule has 100 valence electrons. The minimum atomic E-state index is -4.90. The second-order valence-electron chi connectivity index (χ2n) is 3.19. The van der Waals surface area contributed by atoms with E-state index in [0.717, 1.165) is 6.20 Å². The smallest absolute Gasteiger partial charge is 0.481 e. The van der Waals surface area contributed by atoms with Crippen LogP contribution >= 0.6 is 22.6 Å². The van der Waals surface area contributed by atoms with E-state index in [9.17, 15) is 18.0 Å². The Hall–Kier alpha value is -1.10. The number of alkyl halides is 3. The van der Waals surface area contributed by atoms with Crippen LogP contribution in [0, 0.1) is 3.57 Å². The second kappa shape index (κ2) is 5.69. The molecule has 1 heterocycles. The van der Waals surface area contributed by atoms with Crippen LogP contribution in [0.25, 0.3) is 0 Å². The van der Waals surface area contributed by atoms with Gasteiger partial charge in [0.2, 0.25) is 5.88 Å². The number of hydrogen-bond acceptors (Lipinski definition) is 4. The van der Waals surface area contributed by atoms with E-state index in [2.05, 4.69) is 9.72 Å². The topological polar surface area (TPSA) is 85.4 Å². The van der Waals surface area contributed by atoms with Crippen LogP contribution in [0.4, 0.5) is 13.2 Å². The third kappa shape index (κ3) is 3.98. The van der Waals surface area contributed by atoms with Gasteiger partial charge >= 0.3 is 12.3 Å².